The van der Waals surface area contributed by atoms with Gasteiger partial charge in [-0.3, -0.25) is 4.90 Å². The Morgan fingerprint density at radius 2 is 1.54 bits per heavy atom. The van der Waals surface area contributed by atoms with Gasteiger partial charge in [-0.15, -0.1) is 0 Å². The molecule has 0 bridgehead atoms. The molecule has 2 atom stereocenters. The molecule has 3 nitrogen and oxygen atoms in total. The van der Waals surface area contributed by atoms with Crippen LogP contribution in [0.5, 0.6) is 0 Å². The van der Waals surface area contributed by atoms with Crippen molar-refractivity contribution in [3.8, 4) is 0 Å². The molecule has 0 aromatic heterocycles. The van der Waals surface area contributed by atoms with Crippen LogP contribution in [0.4, 0.5) is 26.3 Å². The van der Waals surface area contributed by atoms with Crippen LogP contribution in [-0.4, -0.2) is 43.9 Å². The van der Waals surface area contributed by atoms with Crippen LogP contribution < -0.4 is 0 Å². The lowest BCUT2D eigenvalue weighted by Gasteiger charge is -2.46. The summed E-state index contributed by atoms with van der Waals surface area (Å²) in [5, 5.41) is 0. The Morgan fingerprint density at radius 1 is 0.914 bits per heavy atom. The molecule has 2 fully saturated rings. The lowest BCUT2D eigenvalue weighted by molar-refractivity contribution is -0.143. The summed E-state index contributed by atoms with van der Waals surface area (Å²) in [5.74, 6) is 0. The Balaban J connectivity index is 1.54. The fraction of sp³-hybridized carbons (Fsp3) is 0.538. The fourth-order valence-corrected chi connectivity index (χ4v) is 5.32. The second-order valence-electron chi connectivity index (χ2n) is 9.45. The van der Waals surface area contributed by atoms with E-state index in [1.807, 2.05) is 30.3 Å². The molecular formula is C26H29F6NO2. The molecule has 1 saturated carbocycles. The van der Waals surface area contributed by atoms with Crippen LogP contribution >= 0.6 is 0 Å². The van der Waals surface area contributed by atoms with Crippen LogP contribution in [0.25, 0.3) is 0 Å². The highest BCUT2D eigenvalue weighted by Gasteiger charge is 2.41. The third kappa shape index (κ3) is 6.37. The second-order valence-corrected chi connectivity index (χ2v) is 9.45. The van der Waals surface area contributed by atoms with Gasteiger partial charge in [0.25, 0.3) is 0 Å². The number of hydrogen-bond donors (Lipinski definition) is 0. The number of hydrogen-bond acceptors (Lipinski definition) is 3. The highest BCUT2D eigenvalue weighted by Crippen LogP contribution is 2.42. The zero-order chi connectivity index (χ0) is 25.1. The highest BCUT2D eigenvalue weighted by molar-refractivity contribution is 5.33. The maximum Gasteiger partial charge on any atom is 0.416 e. The molecule has 1 saturated heterocycles. The van der Waals surface area contributed by atoms with Gasteiger partial charge in [-0.2, -0.15) is 26.3 Å². The SMILES string of the molecule is FC(F)(F)c1cc(COCC2(c3ccccc3)CCCC(N3CCOCC3)C2)cc(C(F)(F)F)c1. The number of benzene rings is 2. The van der Waals surface area contributed by atoms with Gasteiger partial charge in [-0.05, 0) is 48.6 Å². The average molecular weight is 502 g/mol. The molecule has 4 rings (SSSR count). The molecule has 35 heavy (non-hydrogen) atoms. The first-order valence-corrected chi connectivity index (χ1v) is 11.8. The average Bonchev–Trinajstić information content (AvgIpc) is 2.84. The van der Waals surface area contributed by atoms with Crippen LogP contribution in [-0.2, 0) is 33.8 Å². The molecule has 9 heteroatoms. The van der Waals surface area contributed by atoms with Gasteiger partial charge in [0.2, 0.25) is 0 Å². The molecule has 1 aliphatic heterocycles. The predicted octanol–water partition coefficient (Wildman–Crippen LogP) is 6.45. The molecule has 0 spiro atoms. The van der Waals surface area contributed by atoms with E-state index in [1.54, 1.807) is 0 Å². The van der Waals surface area contributed by atoms with Gasteiger partial charge in [0.1, 0.15) is 0 Å². The number of morpholine rings is 1. The molecule has 1 aliphatic carbocycles. The minimum atomic E-state index is -4.88. The molecule has 2 unspecified atom stereocenters. The molecule has 0 N–H and O–H groups in total. The van der Waals surface area contributed by atoms with E-state index in [-0.39, 0.29) is 30.3 Å². The summed E-state index contributed by atoms with van der Waals surface area (Å²) < 4.78 is 90.8. The largest absolute Gasteiger partial charge is 0.416 e. The van der Waals surface area contributed by atoms with Crippen LogP contribution in [0.3, 0.4) is 0 Å². The van der Waals surface area contributed by atoms with E-state index >= 15 is 0 Å². The number of alkyl halides is 6. The highest BCUT2D eigenvalue weighted by atomic mass is 19.4. The summed E-state index contributed by atoms with van der Waals surface area (Å²) in [6, 6.07) is 11.8. The topological polar surface area (TPSA) is 21.7 Å². The third-order valence-corrected chi connectivity index (χ3v) is 7.06. The van der Waals surface area contributed by atoms with Crippen LogP contribution in [0.2, 0.25) is 0 Å². The van der Waals surface area contributed by atoms with E-state index < -0.39 is 23.5 Å². The van der Waals surface area contributed by atoms with Gasteiger partial charge in [0.05, 0.1) is 37.6 Å². The predicted molar refractivity (Wildman–Crippen MR) is 119 cm³/mol. The van der Waals surface area contributed by atoms with Crippen LogP contribution in [0, 0.1) is 0 Å². The molecule has 0 amide bonds. The van der Waals surface area contributed by atoms with Gasteiger partial charge in [0.15, 0.2) is 0 Å². The maximum absolute atomic E-state index is 13.2. The summed E-state index contributed by atoms with van der Waals surface area (Å²) in [4.78, 5) is 2.42. The molecule has 0 radical (unpaired) electrons. The normalized spacial score (nSPS) is 24.5. The van der Waals surface area contributed by atoms with Crippen LogP contribution in [0.1, 0.15) is 47.9 Å². The van der Waals surface area contributed by atoms with Gasteiger partial charge >= 0.3 is 12.4 Å². The van der Waals surface area contributed by atoms with Crippen molar-refractivity contribution in [1.82, 2.24) is 4.90 Å². The van der Waals surface area contributed by atoms with Gasteiger partial charge < -0.3 is 9.47 Å². The monoisotopic (exact) mass is 501 g/mol. The van der Waals surface area contributed by atoms with Crippen LogP contribution in [0.15, 0.2) is 48.5 Å². The number of ether oxygens (including phenoxy) is 2. The minimum Gasteiger partial charge on any atom is -0.379 e. The number of nitrogens with zero attached hydrogens (tertiary/aromatic N) is 1. The molecule has 2 aromatic carbocycles. The van der Waals surface area contributed by atoms with Crippen molar-refractivity contribution >= 4 is 0 Å². The Bertz CT molecular complexity index is 940. The zero-order valence-electron chi connectivity index (χ0n) is 19.3. The fourth-order valence-electron chi connectivity index (χ4n) is 5.32. The lowest BCUT2D eigenvalue weighted by atomic mass is 9.68. The Labute approximate surface area is 201 Å². The first-order valence-electron chi connectivity index (χ1n) is 11.8. The zero-order valence-corrected chi connectivity index (χ0v) is 19.3. The van der Waals surface area contributed by atoms with E-state index in [2.05, 4.69) is 4.90 Å². The first-order chi connectivity index (χ1) is 16.6. The Kier molecular flexibility index (Phi) is 7.78. The molecule has 2 aromatic rings. The van der Waals surface area contributed by atoms with E-state index in [9.17, 15) is 26.3 Å². The summed E-state index contributed by atoms with van der Waals surface area (Å²) in [7, 11) is 0. The second kappa shape index (κ2) is 10.5. The maximum atomic E-state index is 13.2. The Hall–Kier alpha value is -2.10. The standard InChI is InChI=1S/C26H29F6NO2/c27-25(28,29)21-13-19(14-22(15-21)26(30,31)32)17-35-18-24(20-5-2-1-3-6-20)8-4-7-23(16-24)33-9-11-34-12-10-33/h1-3,5-6,13-15,23H,4,7-12,16-18H2. The number of halogens is 6. The van der Waals surface area contributed by atoms with Gasteiger partial charge in [-0.1, -0.05) is 36.8 Å². The van der Waals surface area contributed by atoms with Crippen molar-refractivity contribution in [1.29, 1.82) is 0 Å². The molecule has 1 heterocycles. The smallest absolute Gasteiger partial charge is 0.379 e. The van der Waals surface area contributed by atoms with Crippen molar-refractivity contribution in [3.05, 3.63) is 70.8 Å². The van der Waals surface area contributed by atoms with Crippen molar-refractivity contribution in [2.24, 2.45) is 0 Å². The quantitative estimate of drug-likeness (QED) is 0.425. The van der Waals surface area contributed by atoms with Crippen molar-refractivity contribution < 1.29 is 35.8 Å². The van der Waals surface area contributed by atoms with Crippen molar-refractivity contribution in [2.45, 2.75) is 56.1 Å². The van der Waals surface area contributed by atoms with E-state index in [0.717, 1.165) is 56.5 Å². The molecule has 192 valence electrons. The summed E-state index contributed by atoms with van der Waals surface area (Å²) >= 11 is 0. The first kappa shape index (κ1) is 26.0. The van der Waals surface area contributed by atoms with E-state index in [0.29, 0.717) is 19.3 Å². The van der Waals surface area contributed by atoms with Gasteiger partial charge in [0, 0.05) is 24.5 Å². The van der Waals surface area contributed by atoms with Gasteiger partial charge in [-0.25, -0.2) is 0 Å². The molecular weight excluding hydrogens is 472 g/mol. The summed E-state index contributed by atoms with van der Waals surface area (Å²) in [6.45, 7) is 2.95. The lowest BCUT2D eigenvalue weighted by Crippen LogP contribution is -2.50. The van der Waals surface area contributed by atoms with E-state index in [1.165, 1.54) is 0 Å². The number of rotatable bonds is 6. The van der Waals surface area contributed by atoms with E-state index in [4.69, 9.17) is 9.47 Å². The Morgan fingerprint density at radius 3 is 2.14 bits per heavy atom. The summed E-state index contributed by atoms with van der Waals surface area (Å²) in [5.41, 5.74) is -2.08. The van der Waals surface area contributed by atoms with Crippen molar-refractivity contribution in [2.75, 3.05) is 32.9 Å². The van der Waals surface area contributed by atoms with Crippen molar-refractivity contribution in [3.63, 3.8) is 0 Å². The minimum absolute atomic E-state index is 0.142. The summed E-state index contributed by atoms with van der Waals surface area (Å²) in [6.07, 6.45) is -6.10. The third-order valence-electron chi connectivity index (χ3n) is 7.06. The molecule has 2 aliphatic rings.